The summed E-state index contributed by atoms with van der Waals surface area (Å²) in [4.78, 5) is 11.6. The number of nitrogens with one attached hydrogen (secondary N) is 1. The lowest BCUT2D eigenvalue weighted by molar-refractivity contribution is -0.145. The van der Waals surface area contributed by atoms with E-state index in [9.17, 15) is 4.79 Å². The lowest BCUT2D eigenvalue weighted by atomic mass is 10.0. The SMILES string of the molecule is CCOC(=O)[C@H]1CC[C@@H](c2cccc(C)c2)N1. The van der Waals surface area contributed by atoms with Gasteiger partial charge in [0.05, 0.1) is 6.61 Å². The predicted molar refractivity (Wildman–Crippen MR) is 66.7 cm³/mol. The Bertz CT molecular complexity index is 403. The molecule has 1 aromatic carbocycles. The maximum atomic E-state index is 11.6. The minimum Gasteiger partial charge on any atom is -0.465 e. The first-order valence-corrected chi connectivity index (χ1v) is 6.20. The van der Waals surface area contributed by atoms with E-state index in [1.165, 1.54) is 11.1 Å². The Hall–Kier alpha value is -1.35. The minimum absolute atomic E-state index is 0.123. The molecule has 1 fully saturated rings. The molecule has 0 aromatic heterocycles. The van der Waals surface area contributed by atoms with E-state index in [0.717, 1.165) is 12.8 Å². The normalized spacial score (nSPS) is 23.6. The fourth-order valence-electron chi connectivity index (χ4n) is 2.32. The molecular weight excluding hydrogens is 214 g/mol. The molecule has 0 amide bonds. The molecule has 0 bridgehead atoms. The van der Waals surface area contributed by atoms with Crippen molar-refractivity contribution in [2.75, 3.05) is 6.61 Å². The van der Waals surface area contributed by atoms with Crippen LogP contribution in [0, 0.1) is 6.92 Å². The first-order chi connectivity index (χ1) is 8.20. The van der Waals surface area contributed by atoms with Crippen LogP contribution in [0.5, 0.6) is 0 Å². The zero-order chi connectivity index (χ0) is 12.3. The van der Waals surface area contributed by atoms with Crippen LogP contribution in [0.2, 0.25) is 0 Å². The van der Waals surface area contributed by atoms with Gasteiger partial charge in [-0.1, -0.05) is 29.8 Å². The number of rotatable bonds is 3. The molecule has 1 aliphatic heterocycles. The van der Waals surface area contributed by atoms with Gasteiger partial charge in [0.1, 0.15) is 6.04 Å². The van der Waals surface area contributed by atoms with Crippen LogP contribution in [-0.2, 0) is 9.53 Å². The van der Waals surface area contributed by atoms with Gasteiger partial charge in [0, 0.05) is 6.04 Å². The Morgan fingerprint density at radius 2 is 2.29 bits per heavy atom. The molecule has 0 unspecified atom stereocenters. The Labute approximate surface area is 102 Å². The van der Waals surface area contributed by atoms with Crippen LogP contribution in [0.25, 0.3) is 0 Å². The van der Waals surface area contributed by atoms with Gasteiger partial charge in [-0.2, -0.15) is 0 Å². The van der Waals surface area contributed by atoms with Crippen molar-refractivity contribution < 1.29 is 9.53 Å². The van der Waals surface area contributed by atoms with Gasteiger partial charge in [0.25, 0.3) is 0 Å². The second kappa shape index (κ2) is 5.32. The van der Waals surface area contributed by atoms with Gasteiger partial charge in [0.15, 0.2) is 0 Å². The van der Waals surface area contributed by atoms with E-state index >= 15 is 0 Å². The van der Waals surface area contributed by atoms with Crippen molar-refractivity contribution in [2.45, 2.75) is 38.8 Å². The van der Waals surface area contributed by atoms with Crippen LogP contribution in [0.1, 0.15) is 36.9 Å². The lowest BCUT2D eigenvalue weighted by Gasteiger charge is -2.14. The van der Waals surface area contributed by atoms with Crippen molar-refractivity contribution in [3.63, 3.8) is 0 Å². The first kappa shape index (κ1) is 12.1. The fraction of sp³-hybridized carbons (Fsp3) is 0.500. The number of benzene rings is 1. The highest BCUT2D eigenvalue weighted by Gasteiger charge is 2.30. The molecule has 17 heavy (non-hydrogen) atoms. The summed E-state index contributed by atoms with van der Waals surface area (Å²) in [6.45, 7) is 4.37. The van der Waals surface area contributed by atoms with Crippen molar-refractivity contribution >= 4 is 5.97 Å². The molecule has 92 valence electrons. The lowest BCUT2D eigenvalue weighted by Crippen LogP contribution is -2.33. The average Bonchev–Trinajstić information content (AvgIpc) is 2.78. The molecule has 3 nitrogen and oxygen atoms in total. The summed E-state index contributed by atoms with van der Waals surface area (Å²) in [6, 6.07) is 8.57. The van der Waals surface area contributed by atoms with Gasteiger partial charge in [-0.3, -0.25) is 10.1 Å². The number of esters is 1. The topological polar surface area (TPSA) is 38.3 Å². The molecule has 0 saturated carbocycles. The molecule has 1 heterocycles. The van der Waals surface area contributed by atoms with E-state index in [4.69, 9.17) is 4.74 Å². The number of hydrogen-bond acceptors (Lipinski definition) is 3. The van der Waals surface area contributed by atoms with Gasteiger partial charge in [-0.15, -0.1) is 0 Å². The second-order valence-corrected chi connectivity index (χ2v) is 4.52. The van der Waals surface area contributed by atoms with Crippen LogP contribution in [0.4, 0.5) is 0 Å². The van der Waals surface area contributed by atoms with Crippen molar-refractivity contribution in [2.24, 2.45) is 0 Å². The zero-order valence-corrected chi connectivity index (χ0v) is 10.4. The van der Waals surface area contributed by atoms with E-state index in [2.05, 4.69) is 36.5 Å². The highest BCUT2D eigenvalue weighted by atomic mass is 16.5. The summed E-state index contributed by atoms with van der Waals surface area (Å²) in [6.07, 6.45) is 1.85. The van der Waals surface area contributed by atoms with Gasteiger partial charge >= 0.3 is 5.97 Å². The summed E-state index contributed by atoms with van der Waals surface area (Å²) >= 11 is 0. The maximum absolute atomic E-state index is 11.6. The van der Waals surface area contributed by atoms with Gasteiger partial charge in [0.2, 0.25) is 0 Å². The van der Waals surface area contributed by atoms with Gasteiger partial charge < -0.3 is 4.74 Å². The third-order valence-corrected chi connectivity index (χ3v) is 3.16. The summed E-state index contributed by atoms with van der Waals surface area (Å²) in [5.74, 6) is -0.123. The highest BCUT2D eigenvalue weighted by Crippen LogP contribution is 2.27. The van der Waals surface area contributed by atoms with Gasteiger partial charge in [-0.05, 0) is 32.3 Å². The molecule has 1 saturated heterocycles. The fourth-order valence-corrected chi connectivity index (χ4v) is 2.32. The zero-order valence-electron chi connectivity index (χ0n) is 10.4. The Morgan fingerprint density at radius 3 is 3.00 bits per heavy atom. The first-order valence-electron chi connectivity index (χ1n) is 6.20. The molecule has 0 spiro atoms. The number of ether oxygens (including phenoxy) is 1. The number of carbonyl (C=O) groups excluding carboxylic acids is 1. The molecule has 1 aromatic rings. The molecule has 0 aliphatic carbocycles. The largest absolute Gasteiger partial charge is 0.465 e. The molecule has 1 aliphatic rings. The number of aryl methyl sites for hydroxylation is 1. The molecule has 2 rings (SSSR count). The van der Waals surface area contributed by atoms with Crippen LogP contribution < -0.4 is 5.32 Å². The molecule has 2 atom stereocenters. The molecule has 3 heteroatoms. The number of carbonyl (C=O) groups is 1. The number of hydrogen-bond donors (Lipinski definition) is 1. The van der Waals surface area contributed by atoms with Crippen LogP contribution in [0.15, 0.2) is 24.3 Å². The van der Waals surface area contributed by atoms with E-state index in [1.54, 1.807) is 0 Å². The third kappa shape index (κ3) is 2.86. The summed E-state index contributed by atoms with van der Waals surface area (Å²) in [5, 5.41) is 3.34. The minimum atomic E-state index is -0.138. The van der Waals surface area contributed by atoms with Gasteiger partial charge in [-0.25, -0.2) is 0 Å². The predicted octanol–water partition coefficient (Wildman–Crippen LogP) is 2.35. The quantitative estimate of drug-likeness (QED) is 0.814. The van der Waals surface area contributed by atoms with Crippen molar-refractivity contribution in [1.29, 1.82) is 0 Å². The second-order valence-electron chi connectivity index (χ2n) is 4.52. The Kier molecular flexibility index (Phi) is 3.79. The van der Waals surface area contributed by atoms with E-state index in [1.807, 2.05) is 6.92 Å². The summed E-state index contributed by atoms with van der Waals surface area (Å²) < 4.78 is 5.03. The summed E-state index contributed by atoms with van der Waals surface area (Å²) in [5.41, 5.74) is 2.51. The molecular formula is C14H19NO2. The van der Waals surface area contributed by atoms with Crippen LogP contribution in [0.3, 0.4) is 0 Å². The van der Waals surface area contributed by atoms with Crippen molar-refractivity contribution in [3.8, 4) is 0 Å². The smallest absolute Gasteiger partial charge is 0.323 e. The van der Waals surface area contributed by atoms with E-state index in [0.29, 0.717) is 6.61 Å². The third-order valence-electron chi connectivity index (χ3n) is 3.16. The highest BCUT2D eigenvalue weighted by molar-refractivity contribution is 5.76. The maximum Gasteiger partial charge on any atom is 0.323 e. The molecule has 1 N–H and O–H groups in total. The Morgan fingerprint density at radius 1 is 1.47 bits per heavy atom. The monoisotopic (exact) mass is 233 g/mol. The van der Waals surface area contributed by atoms with E-state index < -0.39 is 0 Å². The van der Waals surface area contributed by atoms with E-state index in [-0.39, 0.29) is 18.1 Å². The Balaban J connectivity index is 2.00. The standard InChI is InChI=1S/C14H19NO2/c1-3-17-14(16)13-8-7-12(15-13)11-6-4-5-10(2)9-11/h4-6,9,12-13,15H,3,7-8H2,1-2H3/t12-,13+/m0/s1. The average molecular weight is 233 g/mol. The van der Waals surface area contributed by atoms with Crippen molar-refractivity contribution in [3.05, 3.63) is 35.4 Å². The van der Waals surface area contributed by atoms with Crippen molar-refractivity contribution in [1.82, 2.24) is 5.32 Å². The van der Waals surface area contributed by atoms with Crippen LogP contribution in [-0.4, -0.2) is 18.6 Å². The summed E-state index contributed by atoms with van der Waals surface area (Å²) in [7, 11) is 0. The molecule has 0 radical (unpaired) electrons. The van der Waals surface area contributed by atoms with Crippen LogP contribution >= 0.6 is 0 Å².